The maximum absolute atomic E-state index is 13.3. The van der Waals surface area contributed by atoms with Crippen LogP contribution in [0.25, 0.3) is 5.69 Å². The molecule has 0 aliphatic rings. The molecule has 0 unspecified atom stereocenters. The summed E-state index contributed by atoms with van der Waals surface area (Å²) in [5, 5.41) is 0. The molecule has 5 nitrogen and oxygen atoms in total. The van der Waals surface area contributed by atoms with Crippen molar-refractivity contribution in [2.45, 2.75) is 13.5 Å². The van der Waals surface area contributed by atoms with Crippen LogP contribution in [0.15, 0.2) is 70.5 Å². The van der Waals surface area contributed by atoms with E-state index in [0.717, 1.165) is 0 Å². The number of hydrogen-bond donors (Lipinski definition) is 0. The standard InChI is InChI=1S/C19H17FN2O3/c1-2-25-17-9-4-3-8-16(17)22-11-10-21(18(23)19(22)24)13-14-6-5-7-15(20)12-14/h3-12H,2,13H2,1H3. The summed E-state index contributed by atoms with van der Waals surface area (Å²) in [6, 6.07) is 12.9. The molecule has 3 aromatic rings. The minimum atomic E-state index is -0.689. The minimum Gasteiger partial charge on any atom is -0.492 e. The van der Waals surface area contributed by atoms with Gasteiger partial charge in [0.1, 0.15) is 11.6 Å². The molecular formula is C19H17FN2O3. The summed E-state index contributed by atoms with van der Waals surface area (Å²) in [6.07, 6.45) is 3.03. The average molecular weight is 340 g/mol. The topological polar surface area (TPSA) is 53.2 Å². The van der Waals surface area contributed by atoms with Gasteiger partial charge in [-0.15, -0.1) is 0 Å². The van der Waals surface area contributed by atoms with Crippen LogP contribution in [-0.4, -0.2) is 15.7 Å². The number of aromatic nitrogens is 2. The first-order valence-corrected chi connectivity index (χ1v) is 7.89. The smallest absolute Gasteiger partial charge is 0.321 e. The summed E-state index contributed by atoms with van der Waals surface area (Å²) in [5.74, 6) is 0.138. The zero-order valence-electron chi connectivity index (χ0n) is 13.7. The lowest BCUT2D eigenvalue weighted by Crippen LogP contribution is -2.40. The molecule has 0 aliphatic heterocycles. The second-order valence-electron chi connectivity index (χ2n) is 5.44. The highest BCUT2D eigenvalue weighted by atomic mass is 19.1. The van der Waals surface area contributed by atoms with Crippen LogP contribution >= 0.6 is 0 Å². The monoisotopic (exact) mass is 340 g/mol. The first-order chi connectivity index (χ1) is 12.1. The Balaban J connectivity index is 2.02. The van der Waals surface area contributed by atoms with Crippen molar-refractivity contribution >= 4 is 0 Å². The van der Waals surface area contributed by atoms with Gasteiger partial charge in [-0.25, -0.2) is 4.39 Å². The number of rotatable bonds is 5. The van der Waals surface area contributed by atoms with Gasteiger partial charge in [0.2, 0.25) is 0 Å². The summed E-state index contributed by atoms with van der Waals surface area (Å²) in [5.41, 5.74) is -0.262. The number of ether oxygens (including phenoxy) is 1. The molecule has 3 rings (SSSR count). The Labute approximate surface area is 143 Å². The third-order valence-corrected chi connectivity index (χ3v) is 3.72. The quantitative estimate of drug-likeness (QED) is 0.671. The van der Waals surface area contributed by atoms with Gasteiger partial charge in [-0.3, -0.25) is 14.2 Å². The first-order valence-electron chi connectivity index (χ1n) is 7.89. The van der Waals surface area contributed by atoms with Gasteiger partial charge in [0, 0.05) is 12.4 Å². The molecule has 0 N–H and O–H groups in total. The first kappa shape index (κ1) is 16.7. The van der Waals surface area contributed by atoms with E-state index in [2.05, 4.69) is 0 Å². The molecule has 1 heterocycles. The van der Waals surface area contributed by atoms with E-state index in [-0.39, 0.29) is 12.4 Å². The third kappa shape index (κ3) is 3.52. The molecule has 0 atom stereocenters. The van der Waals surface area contributed by atoms with Crippen LogP contribution in [0.1, 0.15) is 12.5 Å². The maximum atomic E-state index is 13.3. The van der Waals surface area contributed by atoms with Crippen LogP contribution in [0.5, 0.6) is 5.75 Å². The second-order valence-corrected chi connectivity index (χ2v) is 5.44. The Morgan fingerprint density at radius 1 is 1.00 bits per heavy atom. The van der Waals surface area contributed by atoms with Crippen LogP contribution in [0.3, 0.4) is 0 Å². The lowest BCUT2D eigenvalue weighted by molar-refractivity contribution is 0.339. The van der Waals surface area contributed by atoms with Crippen molar-refractivity contribution < 1.29 is 9.13 Å². The number of benzene rings is 2. The minimum absolute atomic E-state index is 0.125. The predicted molar refractivity (Wildman–Crippen MR) is 93.0 cm³/mol. The lowest BCUT2D eigenvalue weighted by atomic mass is 10.2. The Morgan fingerprint density at radius 2 is 1.80 bits per heavy atom. The Kier molecular flexibility index (Phi) is 4.79. The molecular weight excluding hydrogens is 323 g/mol. The fraction of sp³-hybridized carbons (Fsp3) is 0.158. The lowest BCUT2D eigenvalue weighted by Gasteiger charge is -2.13. The van der Waals surface area contributed by atoms with Crippen LogP contribution in [0.2, 0.25) is 0 Å². The van der Waals surface area contributed by atoms with Crippen molar-refractivity contribution in [2.75, 3.05) is 6.61 Å². The van der Waals surface area contributed by atoms with E-state index in [0.29, 0.717) is 23.6 Å². The zero-order valence-corrected chi connectivity index (χ0v) is 13.7. The van der Waals surface area contributed by atoms with E-state index in [9.17, 15) is 14.0 Å². The largest absolute Gasteiger partial charge is 0.492 e. The molecule has 0 fully saturated rings. The fourth-order valence-corrected chi connectivity index (χ4v) is 2.59. The van der Waals surface area contributed by atoms with Gasteiger partial charge in [-0.2, -0.15) is 0 Å². The van der Waals surface area contributed by atoms with Gasteiger partial charge in [-0.05, 0) is 36.8 Å². The molecule has 25 heavy (non-hydrogen) atoms. The molecule has 1 aromatic heterocycles. The molecule has 0 bridgehead atoms. The van der Waals surface area contributed by atoms with Crippen molar-refractivity contribution in [3.63, 3.8) is 0 Å². The van der Waals surface area contributed by atoms with Gasteiger partial charge in [0.15, 0.2) is 0 Å². The van der Waals surface area contributed by atoms with Crippen LogP contribution in [-0.2, 0) is 6.54 Å². The van der Waals surface area contributed by atoms with Crippen LogP contribution < -0.4 is 15.9 Å². The second kappa shape index (κ2) is 7.17. The third-order valence-electron chi connectivity index (χ3n) is 3.72. The van der Waals surface area contributed by atoms with Crippen molar-refractivity contribution in [1.82, 2.24) is 9.13 Å². The highest BCUT2D eigenvalue weighted by Crippen LogP contribution is 2.20. The predicted octanol–water partition coefficient (Wildman–Crippen LogP) is 2.59. The molecule has 0 aliphatic carbocycles. The number of para-hydroxylation sites is 2. The van der Waals surface area contributed by atoms with E-state index in [1.165, 1.54) is 33.7 Å². The zero-order chi connectivity index (χ0) is 17.8. The van der Waals surface area contributed by atoms with Gasteiger partial charge in [-0.1, -0.05) is 24.3 Å². The van der Waals surface area contributed by atoms with Gasteiger partial charge < -0.3 is 9.30 Å². The average Bonchev–Trinajstić information content (AvgIpc) is 2.60. The summed E-state index contributed by atoms with van der Waals surface area (Å²) >= 11 is 0. The Hall–Kier alpha value is -3.15. The SMILES string of the molecule is CCOc1ccccc1-n1ccn(Cc2cccc(F)c2)c(=O)c1=O. The number of nitrogens with zero attached hydrogens (tertiary/aromatic N) is 2. The van der Waals surface area contributed by atoms with Gasteiger partial charge in [0.05, 0.1) is 18.8 Å². The number of hydrogen-bond acceptors (Lipinski definition) is 3. The van der Waals surface area contributed by atoms with E-state index in [1.807, 2.05) is 6.92 Å². The maximum Gasteiger partial charge on any atom is 0.321 e. The molecule has 0 saturated heterocycles. The molecule has 0 radical (unpaired) electrons. The summed E-state index contributed by atoms with van der Waals surface area (Å²) < 4.78 is 21.3. The van der Waals surface area contributed by atoms with Crippen molar-refractivity contribution in [2.24, 2.45) is 0 Å². The van der Waals surface area contributed by atoms with Crippen molar-refractivity contribution in [1.29, 1.82) is 0 Å². The molecule has 0 amide bonds. The van der Waals surface area contributed by atoms with E-state index in [1.54, 1.807) is 36.4 Å². The van der Waals surface area contributed by atoms with Crippen LogP contribution in [0.4, 0.5) is 4.39 Å². The Bertz CT molecular complexity index is 1010. The van der Waals surface area contributed by atoms with E-state index < -0.39 is 11.1 Å². The number of halogens is 1. The highest BCUT2D eigenvalue weighted by molar-refractivity contribution is 5.46. The summed E-state index contributed by atoms with van der Waals surface area (Å²) in [6.45, 7) is 2.42. The molecule has 6 heteroatoms. The molecule has 0 spiro atoms. The highest BCUT2D eigenvalue weighted by Gasteiger charge is 2.11. The van der Waals surface area contributed by atoms with E-state index in [4.69, 9.17) is 4.74 Å². The molecule has 2 aromatic carbocycles. The fourth-order valence-electron chi connectivity index (χ4n) is 2.59. The van der Waals surface area contributed by atoms with Crippen LogP contribution in [0, 0.1) is 5.82 Å². The van der Waals surface area contributed by atoms with Crippen molar-refractivity contribution in [3.05, 3.63) is 93.0 Å². The molecule has 0 saturated carbocycles. The summed E-state index contributed by atoms with van der Waals surface area (Å²) in [7, 11) is 0. The van der Waals surface area contributed by atoms with Gasteiger partial charge in [0.25, 0.3) is 0 Å². The normalized spacial score (nSPS) is 10.6. The molecule has 128 valence electrons. The van der Waals surface area contributed by atoms with Crippen molar-refractivity contribution in [3.8, 4) is 11.4 Å². The summed E-state index contributed by atoms with van der Waals surface area (Å²) in [4.78, 5) is 24.9. The Morgan fingerprint density at radius 3 is 2.56 bits per heavy atom. The van der Waals surface area contributed by atoms with E-state index >= 15 is 0 Å². The van der Waals surface area contributed by atoms with Gasteiger partial charge >= 0.3 is 11.1 Å².